The molecule has 21 heavy (non-hydrogen) atoms. The molecule has 5 nitrogen and oxygen atoms in total. The Morgan fingerprint density at radius 2 is 1.76 bits per heavy atom. The van der Waals surface area contributed by atoms with Gasteiger partial charge in [-0.05, 0) is 30.0 Å². The van der Waals surface area contributed by atoms with Gasteiger partial charge in [0, 0.05) is 12.1 Å². The summed E-state index contributed by atoms with van der Waals surface area (Å²) in [5.74, 6) is -0.606. The van der Waals surface area contributed by atoms with Crippen LogP contribution in [0, 0.1) is 0 Å². The van der Waals surface area contributed by atoms with Crippen LogP contribution >= 0.6 is 0 Å². The predicted octanol–water partition coefficient (Wildman–Crippen LogP) is 1.21. The van der Waals surface area contributed by atoms with Crippen LogP contribution in [0.3, 0.4) is 0 Å². The fourth-order valence-corrected chi connectivity index (χ4v) is 1.80. The summed E-state index contributed by atoms with van der Waals surface area (Å²) < 4.78 is 0. The molecule has 1 atom stereocenters. The first kappa shape index (κ1) is 17.2. The van der Waals surface area contributed by atoms with Crippen LogP contribution in [-0.2, 0) is 10.2 Å². The summed E-state index contributed by atoms with van der Waals surface area (Å²) in [5.41, 5.74) is 1.70. The fraction of sp³-hybridized carbons (Fsp3) is 0.500. The molecular weight excluding hydrogens is 268 g/mol. The highest BCUT2D eigenvalue weighted by atomic mass is 16.3. The molecule has 0 bridgehead atoms. The van der Waals surface area contributed by atoms with Gasteiger partial charge in [0.15, 0.2) is 0 Å². The highest BCUT2D eigenvalue weighted by Crippen LogP contribution is 2.22. The minimum Gasteiger partial charge on any atom is -0.395 e. The van der Waals surface area contributed by atoms with E-state index >= 15 is 0 Å². The quantitative estimate of drug-likeness (QED) is 0.763. The number of hydrogen-bond donors (Lipinski definition) is 3. The van der Waals surface area contributed by atoms with Crippen molar-refractivity contribution in [1.29, 1.82) is 0 Å². The molecule has 0 fully saturated rings. The molecule has 0 heterocycles. The van der Waals surface area contributed by atoms with E-state index in [1.165, 1.54) is 0 Å². The topological polar surface area (TPSA) is 78.4 Å². The summed E-state index contributed by atoms with van der Waals surface area (Å²) in [6.07, 6.45) is 0. The second-order valence-electron chi connectivity index (χ2n) is 6.04. The van der Waals surface area contributed by atoms with Crippen molar-refractivity contribution in [1.82, 2.24) is 10.6 Å². The second-order valence-corrected chi connectivity index (χ2v) is 6.04. The van der Waals surface area contributed by atoms with E-state index in [9.17, 15) is 9.59 Å². The Kier molecular flexibility index (Phi) is 5.90. The van der Waals surface area contributed by atoms with Gasteiger partial charge in [-0.25, -0.2) is 0 Å². The molecule has 1 aromatic carbocycles. The van der Waals surface area contributed by atoms with E-state index in [4.69, 9.17) is 5.11 Å². The molecule has 0 aliphatic carbocycles. The summed E-state index contributed by atoms with van der Waals surface area (Å²) in [5, 5.41) is 13.8. The molecule has 0 saturated heterocycles. The van der Waals surface area contributed by atoms with E-state index in [1.54, 1.807) is 19.1 Å². The SMILES string of the molecule is CC(NC(=O)c1ccc(C(C)(C)C)cc1)C(=O)NCCO. The number of benzene rings is 1. The average Bonchev–Trinajstić information content (AvgIpc) is 2.43. The van der Waals surface area contributed by atoms with E-state index in [2.05, 4.69) is 31.4 Å². The summed E-state index contributed by atoms with van der Waals surface area (Å²) in [6.45, 7) is 7.98. The molecule has 1 aromatic rings. The third-order valence-corrected chi connectivity index (χ3v) is 3.17. The van der Waals surface area contributed by atoms with Crippen molar-refractivity contribution in [3.8, 4) is 0 Å². The standard InChI is InChI=1S/C16H24N2O3/c1-11(14(20)17-9-10-19)18-15(21)12-5-7-13(8-6-12)16(2,3)4/h5-8,11,19H,9-10H2,1-4H3,(H,17,20)(H,18,21). The normalized spacial score (nSPS) is 12.6. The van der Waals surface area contributed by atoms with Crippen molar-refractivity contribution in [2.75, 3.05) is 13.2 Å². The van der Waals surface area contributed by atoms with Gasteiger partial charge in [0.05, 0.1) is 6.61 Å². The van der Waals surface area contributed by atoms with E-state index in [0.717, 1.165) is 5.56 Å². The average molecular weight is 292 g/mol. The highest BCUT2D eigenvalue weighted by Gasteiger charge is 2.17. The maximum absolute atomic E-state index is 12.1. The van der Waals surface area contributed by atoms with Gasteiger partial charge in [-0.2, -0.15) is 0 Å². The molecule has 0 aliphatic rings. The predicted molar refractivity (Wildman–Crippen MR) is 82.2 cm³/mol. The summed E-state index contributed by atoms with van der Waals surface area (Å²) >= 11 is 0. The van der Waals surface area contributed by atoms with Gasteiger partial charge < -0.3 is 15.7 Å². The number of aliphatic hydroxyl groups is 1. The lowest BCUT2D eigenvalue weighted by Crippen LogP contribution is -2.45. The van der Waals surface area contributed by atoms with Gasteiger partial charge in [0.25, 0.3) is 5.91 Å². The lowest BCUT2D eigenvalue weighted by atomic mass is 9.86. The number of amides is 2. The molecule has 2 amide bonds. The molecule has 0 spiro atoms. The molecule has 116 valence electrons. The zero-order chi connectivity index (χ0) is 16.0. The van der Waals surface area contributed by atoms with E-state index < -0.39 is 6.04 Å². The number of rotatable bonds is 5. The van der Waals surface area contributed by atoms with Crippen molar-refractivity contribution >= 4 is 11.8 Å². The van der Waals surface area contributed by atoms with Gasteiger partial charge in [-0.15, -0.1) is 0 Å². The fourth-order valence-electron chi connectivity index (χ4n) is 1.80. The molecule has 3 N–H and O–H groups in total. The largest absolute Gasteiger partial charge is 0.395 e. The van der Waals surface area contributed by atoms with Crippen molar-refractivity contribution < 1.29 is 14.7 Å². The van der Waals surface area contributed by atoms with E-state index in [1.807, 2.05) is 12.1 Å². The molecule has 5 heteroatoms. The third kappa shape index (κ3) is 5.19. The first-order valence-corrected chi connectivity index (χ1v) is 7.05. The molecule has 0 radical (unpaired) electrons. The van der Waals surface area contributed by atoms with Crippen LogP contribution in [0.25, 0.3) is 0 Å². The number of hydrogen-bond acceptors (Lipinski definition) is 3. The smallest absolute Gasteiger partial charge is 0.251 e. The lowest BCUT2D eigenvalue weighted by molar-refractivity contribution is -0.122. The Bertz CT molecular complexity index is 489. The Morgan fingerprint density at radius 3 is 2.24 bits per heavy atom. The van der Waals surface area contributed by atoms with Crippen molar-refractivity contribution in [2.24, 2.45) is 0 Å². The molecule has 0 aliphatic heterocycles. The summed E-state index contributed by atoms with van der Waals surface area (Å²) in [6, 6.07) is 6.71. The first-order chi connectivity index (χ1) is 9.75. The van der Waals surface area contributed by atoms with Crippen LogP contribution in [0.2, 0.25) is 0 Å². The zero-order valence-corrected chi connectivity index (χ0v) is 13.1. The maximum atomic E-state index is 12.1. The van der Waals surface area contributed by atoms with Crippen molar-refractivity contribution in [2.45, 2.75) is 39.2 Å². The van der Waals surface area contributed by atoms with Crippen LogP contribution in [0.15, 0.2) is 24.3 Å². The Labute approximate surface area is 125 Å². The van der Waals surface area contributed by atoms with Gasteiger partial charge in [0.1, 0.15) is 6.04 Å². The van der Waals surface area contributed by atoms with Crippen LogP contribution in [-0.4, -0.2) is 36.1 Å². The monoisotopic (exact) mass is 292 g/mol. The lowest BCUT2D eigenvalue weighted by Gasteiger charge is -2.19. The Morgan fingerprint density at radius 1 is 1.19 bits per heavy atom. The highest BCUT2D eigenvalue weighted by molar-refractivity contribution is 5.97. The van der Waals surface area contributed by atoms with Crippen molar-refractivity contribution in [3.63, 3.8) is 0 Å². The van der Waals surface area contributed by atoms with Gasteiger partial charge >= 0.3 is 0 Å². The zero-order valence-electron chi connectivity index (χ0n) is 13.1. The molecule has 1 rings (SSSR count). The van der Waals surface area contributed by atoms with Gasteiger partial charge in [0.2, 0.25) is 5.91 Å². The van der Waals surface area contributed by atoms with Crippen LogP contribution in [0.5, 0.6) is 0 Å². The van der Waals surface area contributed by atoms with Crippen LogP contribution in [0.1, 0.15) is 43.6 Å². The first-order valence-electron chi connectivity index (χ1n) is 7.05. The molecule has 0 saturated carbocycles. The van der Waals surface area contributed by atoms with E-state index in [-0.39, 0.29) is 30.4 Å². The second kappa shape index (κ2) is 7.22. The maximum Gasteiger partial charge on any atom is 0.251 e. The molecule has 1 unspecified atom stereocenters. The number of nitrogens with one attached hydrogen (secondary N) is 2. The van der Waals surface area contributed by atoms with Gasteiger partial charge in [-0.3, -0.25) is 9.59 Å². The number of aliphatic hydroxyl groups excluding tert-OH is 1. The summed E-state index contributed by atoms with van der Waals surface area (Å²) in [4.78, 5) is 23.7. The minimum atomic E-state index is -0.647. The number of carbonyl (C=O) groups is 2. The minimum absolute atomic E-state index is 0.0342. The van der Waals surface area contributed by atoms with Crippen molar-refractivity contribution in [3.05, 3.63) is 35.4 Å². The Hall–Kier alpha value is -1.88. The van der Waals surface area contributed by atoms with Crippen LogP contribution < -0.4 is 10.6 Å². The number of carbonyl (C=O) groups excluding carboxylic acids is 2. The van der Waals surface area contributed by atoms with Gasteiger partial charge in [-0.1, -0.05) is 32.9 Å². The Balaban J connectivity index is 2.65. The summed E-state index contributed by atoms with van der Waals surface area (Å²) in [7, 11) is 0. The van der Waals surface area contributed by atoms with Crippen LogP contribution in [0.4, 0.5) is 0 Å². The molecular formula is C16H24N2O3. The van der Waals surface area contributed by atoms with E-state index in [0.29, 0.717) is 5.56 Å². The molecule has 0 aromatic heterocycles. The third-order valence-electron chi connectivity index (χ3n) is 3.17.